The summed E-state index contributed by atoms with van der Waals surface area (Å²) >= 11 is 0. The van der Waals surface area contributed by atoms with Gasteiger partial charge in [-0.15, -0.1) is 0 Å². The first-order valence-corrected chi connectivity index (χ1v) is 9.13. The van der Waals surface area contributed by atoms with Crippen LogP contribution in [0.2, 0.25) is 0 Å². The van der Waals surface area contributed by atoms with Gasteiger partial charge < -0.3 is 10.2 Å². The largest absolute Gasteiger partial charge is 0.508 e. The third-order valence-corrected chi connectivity index (χ3v) is 4.83. The van der Waals surface area contributed by atoms with Crippen molar-refractivity contribution >= 4 is 0 Å². The average Bonchev–Trinajstić information content (AvgIpc) is 2.62. The number of benzene rings is 3. The lowest BCUT2D eigenvalue weighted by molar-refractivity contribution is 0.454. The van der Waals surface area contributed by atoms with Crippen LogP contribution in [0.15, 0.2) is 60.7 Å². The van der Waals surface area contributed by atoms with E-state index in [1.165, 1.54) is 0 Å². The van der Waals surface area contributed by atoms with Gasteiger partial charge in [-0.25, -0.2) is 0 Å². The minimum absolute atomic E-state index is 0.267. The van der Waals surface area contributed by atoms with Crippen LogP contribution >= 0.6 is 0 Å². The zero-order valence-corrected chi connectivity index (χ0v) is 15.8. The van der Waals surface area contributed by atoms with E-state index in [-0.39, 0.29) is 17.6 Å². The standard InChI is InChI=1S/C24H26O2/c1-15(2)22-13-20(14-23(16(3)4)24(22)26)19-7-5-17(6-8-19)18-9-11-21(25)12-10-18/h5-16,25-26H,1-4H3. The van der Waals surface area contributed by atoms with E-state index in [1.54, 1.807) is 12.1 Å². The Morgan fingerprint density at radius 2 is 0.885 bits per heavy atom. The summed E-state index contributed by atoms with van der Waals surface area (Å²) in [6.45, 7) is 8.43. The fourth-order valence-electron chi connectivity index (χ4n) is 3.24. The van der Waals surface area contributed by atoms with Gasteiger partial charge in [-0.2, -0.15) is 0 Å². The van der Waals surface area contributed by atoms with E-state index in [0.717, 1.165) is 33.4 Å². The highest BCUT2D eigenvalue weighted by Gasteiger charge is 2.15. The molecule has 0 atom stereocenters. The zero-order valence-electron chi connectivity index (χ0n) is 15.8. The molecule has 0 radical (unpaired) electrons. The molecule has 0 saturated carbocycles. The van der Waals surface area contributed by atoms with E-state index in [9.17, 15) is 10.2 Å². The summed E-state index contributed by atoms with van der Waals surface area (Å²) in [4.78, 5) is 0. The second-order valence-corrected chi connectivity index (χ2v) is 7.44. The highest BCUT2D eigenvalue weighted by Crippen LogP contribution is 2.38. The minimum Gasteiger partial charge on any atom is -0.508 e. The van der Waals surface area contributed by atoms with Crippen molar-refractivity contribution in [3.8, 4) is 33.8 Å². The first kappa shape index (κ1) is 18.1. The normalized spacial score (nSPS) is 11.3. The fourth-order valence-corrected chi connectivity index (χ4v) is 3.24. The molecule has 0 unspecified atom stereocenters. The Hall–Kier alpha value is -2.74. The van der Waals surface area contributed by atoms with Crippen LogP contribution in [0.1, 0.15) is 50.7 Å². The van der Waals surface area contributed by atoms with Crippen LogP contribution in [0, 0.1) is 0 Å². The highest BCUT2D eigenvalue weighted by atomic mass is 16.3. The molecule has 3 aromatic carbocycles. The van der Waals surface area contributed by atoms with Crippen molar-refractivity contribution in [3.05, 3.63) is 71.8 Å². The van der Waals surface area contributed by atoms with Gasteiger partial charge in [0.25, 0.3) is 0 Å². The van der Waals surface area contributed by atoms with Crippen molar-refractivity contribution in [2.45, 2.75) is 39.5 Å². The van der Waals surface area contributed by atoms with Gasteiger partial charge >= 0.3 is 0 Å². The molecule has 0 aliphatic heterocycles. The van der Waals surface area contributed by atoms with E-state index < -0.39 is 0 Å². The van der Waals surface area contributed by atoms with Gasteiger partial charge in [0.1, 0.15) is 11.5 Å². The van der Waals surface area contributed by atoms with E-state index in [2.05, 4.69) is 64.1 Å². The molecule has 0 aliphatic rings. The van der Waals surface area contributed by atoms with Crippen LogP contribution in [0.4, 0.5) is 0 Å². The quantitative estimate of drug-likeness (QED) is 0.553. The van der Waals surface area contributed by atoms with Crippen molar-refractivity contribution in [2.24, 2.45) is 0 Å². The third kappa shape index (κ3) is 3.60. The first-order valence-electron chi connectivity index (χ1n) is 9.13. The first-order chi connectivity index (χ1) is 12.4. The minimum atomic E-state index is 0.267. The summed E-state index contributed by atoms with van der Waals surface area (Å²) in [5.74, 6) is 1.24. The molecule has 134 valence electrons. The molecule has 0 spiro atoms. The molecular weight excluding hydrogens is 320 g/mol. The molecule has 2 nitrogen and oxygen atoms in total. The summed E-state index contributed by atoms with van der Waals surface area (Å²) in [6, 6.07) is 19.9. The molecule has 0 saturated heterocycles. The van der Waals surface area contributed by atoms with Crippen LogP contribution in [0.3, 0.4) is 0 Å². The second-order valence-electron chi connectivity index (χ2n) is 7.44. The fraction of sp³-hybridized carbons (Fsp3) is 0.250. The van der Waals surface area contributed by atoms with Gasteiger partial charge in [0.15, 0.2) is 0 Å². The van der Waals surface area contributed by atoms with Crippen molar-refractivity contribution in [1.82, 2.24) is 0 Å². The van der Waals surface area contributed by atoms with Crippen molar-refractivity contribution in [2.75, 3.05) is 0 Å². The van der Waals surface area contributed by atoms with Crippen LogP contribution in [0.25, 0.3) is 22.3 Å². The molecule has 3 rings (SSSR count). The summed E-state index contributed by atoms with van der Waals surface area (Å²) in [6.07, 6.45) is 0. The topological polar surface area (TPSA) is 40.5 Å². The van der Waals surface area contributed by atoms with E-state index >= 15 is 0 Å². The molecule has 2 N–H and O–H groups in total. The number of hydrogen-bond acceptors (Lipinski definition) is 2. The predicted molar refractivity (Wildman–Crippen MR) is 109 cm³/mol. The number of phenols is 2. The van der Waals surface area contributed by atoms with Gasteiger partial charge in [0, 0.05) is 0 Å². The Labute approximate surface area is 155 Å². The van der Waals surface area contributed by atoms with E-state index in [1.807, 2.05) is 12.1 Å². The van der Waals surface area contributed by atoms with Gasteiger partial charge in [-0.3, -0.25) is 0 Å². The zero-order chi connectivity index (χ0) is 18.8. The summed E-state index contributed by atoms with van der Waals surface area (Å²) in [5.41, 5.74) is 6.44. The van der Waals surface area contributed by atoms with Crippen LogP contribution in [-0.2, 0) is 0 Å². The molecule has 0 amide bonds. The molecule has 0 aromatic heterocycles. The second kappa shape index (κ2) is 7.25. The molecule has 0 fully saturated rings. The summed E-state index contributed by atoms with van der Waals surface area (Å²) in [5, 5.41) is 20.0. The van der Waals surface area contributed by atoms with Crippen LogP contribution in [-0.4, -0.2) is 10.2 Å². The SMILES string of the molecule is CC(C)c1cc(-c2ccc(-c3ccc(O)cc3)cc2)cc(C(C)C)c1O. The molecule has 0 heterocycles. The molecule has 0 aliphatic carbocycles. The number of rotatable bonds is 4. The highest BCUT2D eigenvalue weighted by molar-refractivity contribution is 5.72. The summed E-state index contributed by atoms with van der Waals surface area (Å²) < 4.78 is 0. The maximum atomic E-state index is 10.6. The number of hydrogen-bond donors (Lipinski definition) is 2. The van der Waals surface area contributed by atoms with Gasteiger partial charge in [-0.1, -0.05) is 64.1 Å². The Morgan fingerprint density at radius 1 is 0.538 bits per heavy atom. The Balaban J connectivity index is 2.02. The Bertz CT molecular complexity index is 859. The average molecular weight is 346 g/mol. The lowest BCUT2D eigenvalue weighted by Crippen LogP contribution is -1.97. The molecule has 3 aromatic rings. The maximum absolute atomic E-state index is 10.6. The molecule has 0 bridgehead atoms. The van der Waals surface area contributed by atoms with Gasteiger partial charge in [0.05, 0.1) is 0 Å². The maximum Gasteiger partial charge on any atom is 0.122 e. The number of phenolic OH excluding ortho intramolecular Hbond substituents is 2. The lowest BCUT2D eigenvalue weighted by Gasteiger charge is -2.18. The van der Waals surface area contributed by atoms with Gasteiger partial charge in [0.2, 0.25) is 0 Å². The van der Waals surface area contributed by atoms with Crippen LogP contribution < -0.4 is 0 Å². The third-order valence-electron chi connectivity index (χ3n) is 4.83. The van der Waals surface area contributed by atoms with Gasteiger partial charge in [-0.05, 0) is 69.5 Å². The van der Waals surface area contributed by atoms with E-state index in [4.69, 9.17) is 0 Å². The predicted octanol–water partition coefficient (Wildman–Crippen LogP) is 6.68. The smallest absolute Gasteiger partial charge is 0.122 e. The lowest BCUT2D eigenvalue weighted by atomic mass is 9.89. The molecule has 2 heteroatoms. The monoisotopic (exact) mass is 346 g/mol. The Kier molecular flexibility index (Phi) is 5.03. The van der Waals surface area contributed by atoms with Crippen molar-refractivity contribution < 1.29 is 10.2 Å². The molecule has 26 heavy (non-hydrogen) atoms. The van der Waals surface area contributed by atoms with Crippen LogP contribution in [0.5, 0.6) is 11.5 Å². The Morgan fingerprint density at radius 3 is 1.27 bits per heavy atom. The van der Waals surface area contributed by atoms with Crippen molar-refractivity contribution in [3.63, 3.8) is 0 Å². The number of aromatic hydroxyl groups is 2. The van der Waals surface area contributed by atoms with Crippen molar-refractivity contribution in [1.29, 1.82) is 0 Å². The summed E-state index contributed by atoms with van der Waals surface area (Å²) in [7, 11) is 0. The molecular formula is C24H26O2. The van der Waals surface area contributed by atoms with E-state index in [0.29, 0.717) is 5.75 Å².